The van der Waals surface area contributed by atoms with Gasteiger partial charge in [-0.3, -0.25) is 0 Å². The molecule has 0 N–H and O–H groups in total. The van der Waals surface area contributed by atoms with Crippen LogP contribution in [-0.2, 0) is 0 Å². The molecule has 0 amide bonds. The first-order valence-electron chi connectivity index (χ1n) is 5.06. The van der Waals surface area contributed by atoms with Crippen molar-refractivity contribution in [2.24, 2.45) is 0 Å². The monoisotopic (exact) mass is 346 g/mol. The predicted octanol–water partition coefficient (Wildman–Crippen LogP) is 5.49. The Morgan fingerprint density at radius 1 is 1.12 bits per heavy atom. The maximum absolute atomic E-state index is 3.66. The largest absolute Gasteiger partial charge is 0.134 e. The minimum atomic E-state index is -1.15. The lowest BCUT2D eigenvalue weighted by Gasteiger charge is -2.11. The Kier molecular flexibility index (Phi) is 2.60. The minimum Gasteiger partial charge on any atom is -0.134 e. The van der Waals surface area contributed by atoms with E-state index in [4.69, 9.17) is 0 Å². The molecule has 0 bridgehead atoms. The van der Waals surface area contributed by atoms with Crippen LogP contribution in [0.5, 0.6) is 0 Å². The molecule has 3 heterocycles. The Bertz CT molecular complexity index is 668. The molecule has 5 heteroatoms. The lowest BCUT2D eigenvalue weighted by atomic mass is 10.3. The van der Waals surface area contributed by atoms with Crippen LogP contribution >= 0.6 is 49.9 Å². The van der Waals surface area contributed by atoms with Crippen molar-refractivity contribution in [2.45, 2.75) is 19.6 Å². The zero-order valence-corrected chi connectivity index (χ0v) is 14.3. The molecule has 0 aliphatic rings. The molecule has 0 saturated carbocycles. The highest BCUT2D eigenvalue weighted by atomic mass is 79.9. The first kappa shape index (κ1) is 11.4. The standard InChI is InChI=1S/C11H11BrS3Si/c1-16(2,3)8-4-6-9-7(12)5-13-11(9)15-10(6)14-8/h4-5H,1-3H3. The van der Waals surface area contributed by atoms with E-state index in [9.17, 15) is 0 Å². The van der Waals surface area contributed by atoms with Gasteiger partial charge in [-0.25, -0.2) is 0 Å². The summed E-state index contributed by atoms with van der Waals surface area (Å²) in [6, 6.07) is 2.43. The summed E-state index contributed by atoms with van der Waals surface area (Å²) < 4.78 is 5.84. The average molecular weight is 347 g/mol. The maximum atomic E-state index is 3.66. The molecule has 0 aliphatic heterocycles. The second-order valence-corrected chi connectivity index (χ2v) is 14.6. The fraction of sp³-hybridized carbons (Fsp3) is 0.273. The summed E-state index contributed by atoms with van der Waals surface area (Å²) in [5.41, 5.74) is 0. The van der Waals surface area contributed by atoms with Gasteiger partial charge in [0.05, 0.1) is 16.1 Å². The Morgan fingerprint density at radius 2 is 1.88 bits per heavy atom. The van der Waals surface area contributed by atoms with Crippen LogP contribution in [0.25, 0.3) is 18.8 Å². The van der Waals surface area contributed by atoms with Crippen molar-refractivity contribution >= 4 is 81.3 Å². The fourth-order valence-corrected chi connectivity index (χ4v) is 8.50. The first-order chi connectivity index (χ1) is 7.47. The van der Waals surface area contributed by atoms with E-state index in [0.717, 1.165) is 0 Å². The molecule has 0 atom stereocenters. The molecule has 0 spiro atoms. The quantitative estimate of drug-likeness (QED) is 0.511. The predicted molar refractivity (Wildman–Crippen MR) is 85.8 cm³/mol. The Balaban J connectivity index is 2.37. The van der Waals surface area contributed by atoms with E-state index in [1.54, 1.807) is 4.50 Å². The van der Waals surface area contributed by atoms with Crippen molar-refractivity contribution < 1.29 is 0 Å². The second kappa shape index (κ2) is 3.65. The molecule has 16 heavy (non-hydrogen) atoms. The van der Waals surface area contributed by atoms with E-state index >= 15 is 0 Å². The van der Waals surface area contributed by atoms with Gasteiger partial charge in [0.1, 0.15) is 0 Å². The zero-order chi connectivity index (χ0) is 11.5. The highest BCUT2D eigenvalue weighted by Gasteiger charge is 2.22. The molecular weight excluding hydrogens is 336 g/mol. The molecule has 0 radical (unpaired) electrons. The molecule has 0 saturated heterocycles. The number of rotatable bonds is 1. The highest BCUT2D eigenvalue weighted by molar-refractivity contribution is 9.10. The van der Waals surface area contributed by atoms with Crippen molar-refractivity contribution in [2.75, 3.05) is 0 Å². The van der Waals surface area contributed by atoms with Crippen LogP contribution in [0.2, 0.25) is 19.6 Å². The van der Waals surface area contributed by atoms with Gasteiger partial charge in [-0.1, -0.05) is 19.6 Å². The van der Waals surface area contributed by atoms with E-state index in [0.29, 0.717) is 0 Å². The van der Waals surface area contributed by atoms with Crippen molar-refractivity contribution in [3.8, 4) is 0 Å². The van der Waals surface area contributed by atoms with Crippen LogP contribution in [0, 0.1) is 0 Å². The lowest BCUT2D eigenvalue weighted by molar-refractivity contribution is 1.79. The normalized spacial score (nSPS) is 13.0. The third kappa shape index (κ3) is 1.64. The summed E-state index contributed by atoms with van der Waals surface area (Å²) in [5.74, 6) is 0. The zero-order valence-electron chi connectivity index (χ0n) is 9.26. The van der Waals surface area contributed by atoms with Crippen LogP contribution in [0.15, 0.2) is 15.9 Å². The Morgan fingerprint density at radius 3 is 2.56 bits per heavy atom. The fourth-order valence-electron chi connectivity index (χ4n) is 1.71. The minimum absolute atomic E-state index is 1.15. The molecule has 3 rings (SSSR count). The van der Waals surface area contributed by atoms with Crippen LogP contribution in [-0.4, -0.2) is 8.07 Å². The van der Waals surface area contributed by atoms with Crippen molar-refractivity contribution in [3.63, 3.8) is 0 Å². The lowest BCUT2D eigenvalue weighted by Crippen LogP contribution is -2.34. The first-order valence-corrected chi connectivity index (χ1v) is 11.9. The molecule has 0 fully saturated rings. The number of fused-ring (bicyclic) bond motifs is 3. The van der Waals surface area contributed by atoms with E-state index < -0.39 is 8.07 Å². The molecule has 0 aromatic carbocycles. The smallest absolute Gasteiger partial charge is 0.0904 e. The topological polar surface area (TPSA) is 0 Å². The number of thiophene rings is 3. The average Bonchev–Trinajstić information content (AvgIpc) is 2.74. The van der Waals surface area contributed by atoms with Gasteiger partial charge >= 0.3 is 0 Å². The van der Waals surface area contributed by atoms with Crippen LogP contribution in [0.4, 0.5) is 0 Å². The Hall–Kier alpha value is 0.317. The van der Waals surface area contributed by atoms with Gasteiger partial charge in [-0.05, 0) is 26.5 Å². The summed E-state index contributed by atoms with van der Waals surface area (Å²) in [7, 11) is -1.15. The third-order valence-corrected chi connectivity index (χ3v) is 10.6. The molecular formula is C11H11BrS3Si. The molecule has 3 aromatic rings. The summed E-state index contributed by atoms with van der Waals surface area (Å²) in [6.07, 6.45) is 0. The Labute approximate surface area is 116 Å². The summed E-state index contributed by atoms with van der Waals surface area (Å²) in [4.78, 5) is 0. The van der Waals surface area contributed by atoms with Crippen LogP contribution in [0.1, 0.15) is 0 Å². The van der Waals surface area contributed by atoms with Gasteiger partial charge in [0.15, 0.2) is 0 Å². The van der Waals surface area contributed by atoms with Crippen molar-refractivity contribution in [1.82, 2.24) is 0 Å². The number of hydrogen-bond donors (Lipinski definition) is 0. The summed E-state index contributed by atoms with van der Waals surface area (Å²) in [5, 5.41) is 5.10. The number of halogens is 1. The SMILES string of the molecule is C[Si](C)(C)c1cc2c(s1)sc1scc(Br)c12. The van der Waals surface area contributed by atoms with Crippen molar-refractivity contribution in [1.29, 1.82) is 0 Å². The van der Waals surface area contributed by atoms with Crippen LogP contribution in [0.3, 0.4) is 0 Å². The van der Waals surface area contributed by atoms with Gasteiger partial charge in [0, 0.05) is 20.6 Å². The van der Waals surface area contributed by atoms with Gasteiger partial charge in [0.2, 0.25) is 0 Å². The summed E-state index contributed by atoms with van der Waals surface area (Å²) >= 11 is 9.47. The second-order valence-electron chi connectivity index (χ2n) is 4.91. The van der Waals surface area contributed by atoms with Gasteiger partial charge in [0.25, 0.3) is 0 Å². The van der Waals surface area contributed by atoms with Gasteiger partial charge in [-0.2, -0.15) is 0 Å². The molecule has 0 aliphatic carbocycles. The molecule has 3 aromatic heterocycles. The third-order valence-electron chi connectivity index (χ3n) is 2.60. The molecule has 0 nitrogen and oxygen atoms in total. The van der Waals surface area contributed by atoms with Gasteiger partial charge in [-0.15, -0.1) is 34.0 Å². The highest BCUT2D eigenvalue weighted by Crippen LogP contribution is 2.44. The van der Waals surface area contributed by atoms with E-state index in [2.05, 4.69) is 47.0 Å². The van der Waals surface area contributed by atoms with E-state index in [1.165, 1.54) is 23.3 Å². The maximum Gasteiger partial charge on any atom is 0.0904 e. The van der Waals surface area contributed by atoms with Crippen LogP contribution < -0.4 is 4.50 Å². The van der Waals surface area contributed by atoms with E-state index in [-0.39, 0.29) is 0 Å². The summed E-state index contributed by atoms with van der Waals surface area (Å²) in [6.45, 7) is 7.26. The van der Waals surface area contributed by atoms with Gasteiger partial charge < -0.3 is 0 Å². The van der Waals surface area contributed by atoms with Crippen molar-refractivity contribution in [3.05, 3.63) is 15.9 Å². The number of hydrogen-bond acceptors (Lipinski definition) is 3. The van der Waals surface area contributed by atoms with E-state index in [1.807, 2.05) is 34.0 Å². The molecule has 84 valence electrons. The molecule has 0 unspecified atom stereocenters.